The minimum Gasteiger partial charge on any atom is -0.374 e. The maximum Gasteiger partial charge on any atom is 0.115 e. The van der Waals surface area contributed by atoms with Gasteiger partial charge in [0.15, 0.2) is 0 Å². The normalized spacial score (nSPS) is 22.5. The van der Waals surface area contributed by atoms with E-state index < -0.39 is 0 Å². The van der Waals surface area contributed by atoms with Gasteiger partial charge in [-0.2, -0.15) is 0 Å². The first-order valence-electron chi connectivity index (χ1n) is 12.6. The molecule has 0 saturated carbocycles. The van der Waals surface area contributed by atoms with E-state index >= 15 is 0 Å². The molecule has 1 fully saturated rings. The molecule has 5 atom stereocenters. The fourth-order valence-electron chi connectivity index (χ4n) is 4.43. The zero-order chi connectivity index (χ0) is 25.0. The van der Waals surface area contributed by atoms with Crippen LogP contribution >= 0.6 is 0 Å². The van der Waals surface area contributed by atoms with Gasteiger partial charge in [0.05, 0.1) is 39.1 Å². The van der Waals surface area contributed by atoms with Gasteiger partial charge in [0.2, 0.25) is 0 Å². The van der Waals surface area contributed by atoms with Gasteiger partial charge in [-0.3, -0.25) is 0 Å². The lowest BCUT2D eigenvalue weighted by molar-refractivity contribution is -0.140. The van der Waals surface area contributed by atoms with E-state index in [-0.39, 0.29) is 30.5 Å². The molecule has 1 heterocycles. The Balaban J connectivity index is 1.49. The topological polar surface area (TPSA) is 72.2 Å². The molecule has 36 heavy (non-hydrogen) atoms. The molecule has 0 spiro atoms. The average molecular weight is 492 g/mol. The molecule has 192 valence electrons. The van der Waals surface area contributed by atoms with Crippen LogP contribution in [0.25, 0.3) is 0 Å². The van der Waals surface area contributed by atoms with Crippen molar-refractivity contribution in [1.82, 2.24) is 0 Å². The summed E-state index contributed by atoms with van der Waals surface area (Å²) in [5.41, 5.74) is 9.04. The van der Waals surface area contributed by atoms with E-state index in [0.717, 1.165) is 16.7 Å². The van der Waals surface area contributed by atoms with E-state index in [2.05, 4.69) is 36.4 Å². The van der Waals surface area contributed by atoms with Crippen LogP contribution in [-0.2, 0) is 43.5 Å². The van der Waals surface area contributed by atoms with Crippen molar-refractivity contribution in [3.05, 3.63) is 108 Å². The largest absolute Gasteiger partial charge is 0.374 e. The predicted octanol–water partition coefficient (Wildman–Crippen LogP) is 4.51. The van der Waals surface area contributed by atoms with Crippen molar-refractivity contribution < 1.29 is 23.7 Å². The fraction of sp³-hybridized carbons (Fsp3) is 0.400. The molecule has 0 bridgehead atoms. The molecular weight excluding hydrogens is 454 g/mol. The Labute approximate surface area is 214 Å². The van der Waals surface area contributed by atoms with Crippen molar-refractivity contribution in [2.75, 3.05) is 19.8 Å². The molecule has 0 radical (unpaired) electrons. The number of hydrogen-bond donors (Lipinski definition) is 1. The van der Waals surface area contributed by atoms with Crippen LogP contribution in [0.2, 0.25) is 0 Å². The third-order valence-electron chi connectivity index (χ3n) is 6.26. The smallest absolute Gasteiger partial charge is 0.115 e. The van der Waals surface area contributed by atoms with Crippen LogP contribution in [0.1, 0.15) is 23.6 Å². The van der Waals surface area contributed by atoms with Crippen molar-refractivity contribution in [2.45, 2.75) is 57.3 Å². The lowest BCUT2D eigenvalue weighted by atomic mass is 10.0. The molecule has 0 amide bonds. The second-order valence-electron chi connectivity index (χ2n) is 9.03. The highest BCUT2D eigenvalue weighted by atomic mass is 16.6. The second kappa shape index (κ2) is 14.2. The molecule has 4 rings (SSSR count). The van der Waals surface area contributed by atoms with E-state index in [1.165, 1.54) is 0 Å². The first-order valence-corrected chi connectivity index (χ1v) is 12.6. The number of hydrogen-bond acceptors (Lipinski definition) is 6. The van der Waals surface area contributed by atoms with Gasteiger partial charge in [0.1, 0.15) is 24.4 Å². The zero-order valence-corrected chi connectivity index (χ0v) is 20.9. The summed E-state index contributed by atoms with van der Waals surface area (Å²) in [5.74, 6) is 0. The van der Waals surface area contributed by atoms with Crippen LogP contribution in [0, 0.1) is 0 Å². The maximum atomic E-state index is 6.45. The van der Waals surface area contributed by atoms with Crippen molar-refractivity contribution in [3.63, 3.8) is 0 Å². The standard InChI is InChI=1S/C30H37NO5/c1-23-28(33-18-17-31)30(35-21-26-15-9-4-10-16-26)29(36-23)27(34-20-25-13-7-3-8-14-25)22-32-19-24-11-5-2-6-12-24/h2-16,23,27-30H,17-22,31H2,1H3. The predicted molar refractivity (Wildman–Crippen MR) is 139 cm³/mol. The van der Waals surface area contributed by atoms with Crippen LogP contribution in [0.5, 0.6) is 0 Å². The van der Waals surface area contributed by atoms with Gasteiger partial charge < -0.3 is 29.4 Å². The molecule has 3 aromatic carbocycles. The van der Waals surface area contributed by atoms with E-state index in [9.17, 15) is 0 Å². The highest BCUT2D eigenvalue weighted by molar-refractivity contribution is 5.15. The number of nitrogens with two attached hydrogens (primary N) is 1. The van der Waals surface area contributed by atoms with Gasteiger partial charge in [-0.1, -0.05) is 91.0 Å². The summed E-state index contributed by atoms with van der Waals surface area (Å²) in [5, 5.41) is 0. The molecule has 3 aromatic rings. The average Bonchev–Trinajstić information content (AvgIpc) is 3.24. The molecule has 0 aliphatic carbocycles. The summed E-state index contributed by atoms with van der Waals surface area (Å²) >= 11 is 0. The van der Waals surface area contributed by atoms with Gasteiger partial charge in [-0.25, -0.2) is 0 Å². The second-order valence-corrected chi connectivity index (χ2v) is 9.03. The molecule has 6 heteroatoms. The Bertz CT molecular complexity index is 988. The van der Waals surface area contributed by atoms with Crippen molar-refractivity contribution in [2.24, 2.45) is 5.73 Å². The van der Waals surface area contributed by atoms with Gasteiger partial charge >= 0.3 is 0 Å². The Morgan fingerprint density at radius 2 is 1.28 bits per heavy atom. The van der Waals surface area contributed by atoms with Crippen LogP contribution < -0.4 is 5.73 Å². The summed E-state index contributed by atoms with van der Waals surface area (Å²) in [6.45, 7) is 4.67. The summed E-state index contributed by atoms with van der Waals surface area (Å²) < 4.78 is 31.5. The maximum absolute atomic E-state index is 6.45. The molecule has 1 saturated heterocycles. The zero-order valence-electron chi connectivity index (χ0n) is 20.9. The van der Waals surface area contributed by atoms with E-state index in [1.807, 2.05) is 61.5 Å². The highest BCUT2D eigenvalue weighted by Gasteiger charge is 2.48. The van der Waals surface area contributed by atoms with Gasteiger partial charge in [-0.15, -0.1) is 0 Å². The number of benzene rings is 3. The number of rotatable bonds is 14. The monoisotopic (exact) mass is 491 g/mol. The first kappa shape index (κ1) is 26.5. The Morgan fingerprint density at radius 3 is 1.86 bits per heavy atom. The summed E-state index contributed by atoms with van der Waals surface area (Å²) in [7, 11) is 0. The summed E-state index contributed by atoms with van der Waals surface area (Å²) in [6.07, 6.45) is -1.44. The van der Waals surface area contributed by atoms with Crippen molar-refractivity contribution >= 4 is 0 Å². The van der Waals surface area contributed by atoms with Crippen LogP contribution in [0.3, 0.4) is 0 Å². The molecular formula is C30H37NO5. The molecule has 5 unspecified atom stereocenters. The Kier molecular flexibility index (Phi) is 10.5. The molecule has 1 aliphatic heterocycles. The molecule has 2 N–H and O–H groups in total. The van der Waals surface area contributed by atoms with Crippen LogP contribution in [0.15, 0.2) is 91.0 Å². The SMILES string of the molecule is CC1OC(C(COCc2ccccc2)OCc2ccccc2)C(OCc2ccccc2)C1OCCN. The fourth-order valence-corrected chi connectivity index (χ4v) is 4.43. The molecule has 1 aliphatic rings. The van der Waals surface area contributed by atoms with E-state index in [1.54, 1.807) is 0 Å². The summed E-state index contributed by atoms with van der Waals surface area (Å²) in [6, 6.07) is 30.4. The third kappa shape index (κ3) is 7.71. The number of ether oxygens (including phenoxy) is 5. The van der Waals surface area contributed by atoms with E-state index in [4.69, 9.17) is 29.4 Å². The Hall–Kier alpha value is -2.58. The summed E-state index contributed by atoms with van der Waals surface area (Å²) in [4.78, 5) is 0. The molecule has 6 nitrogen and oxygen atoms in total. The van der Waals surface area contributed by atoms with Crippen molar-refractivity contribution in [3.8, 4) is 0 Å². The van der Waals surface area contributed by atoms with Crippen molar-refractivity contribution in [1.29, 1.82) is 0 Å². The van der Waals surface area contributed by atoms with Crippen LogP contribution in [-0.4, -0.2) is 50.3 Å². The van der Waals surface area contributed by atoms with E-state index in [0.29, 0.717) is 39.6 Å². The highest BCUT2D eigenvalue weighted by Crippen LogP contribution is 2.31. The van der Waals surface area contributed by atoms with Gasteiger partial charge in [0, 0.05) is 6.54 Å². The van der Waals surface area contributed by atoms with Crippen LogP contribution in [0.4, 0.5) is 0 Å². The first-order chi connectivity index (χ1) is 17.7. The third-order valence-corrected chi connectivity index (χ3v) is 6.26. The Morgan fingerprint density at radius 1 is 0.722 bits per heavy atom. The van der Waals surface area contributed by atoms with Gasteiger partial charge in [-0.05, 0) is 23.6 Å². The lowest BCUT2D eigenvalue weighted by Crippen LogP contribution is -2.45. The lowest BCUT2D eigenvalue weighted by Gasteiger charge is -2.29. The quantitative estimate of drug-likeness (QED) is 0.358. The molecule has 0 aromatic heterocycles. The minimum absolute atomic E-state index is 0.167. The minimum atomic E-state index is -0.356. The van der Waals surface area contributed by atoms with Gasteiger partial charge in [0.25, 0.3) is 0 Å².